The van der Waals surface area contributed by atoms with Crippen LogP contribution in [0.5, 0.6) is 0 Å². The van der Waals surface area contributed by atoms with E-state index in [1.165, 1.54) is 0 Å². The molecule has 0 aliphatic rings. The van der Waals surface area contributed by atoms with Crippen molar-refractivity contribution in [1.29, 1.82) is 0 Å². The van der Waals surface area contributed by atoms with Crippen molar-refractivity contribution < 1.29 is 53.8 Å². The number of ether oxygens (including phenoxy) is 3. The van der Waals surface area contributed by atoms with Crippen LogP contribution in [0.4, 0.5) is 0 Å². The van der Waals surface area contributed by atoms with Crippen LogP contribution in [0, 0.1) is 0 Å². The second-order valence-electron chi connectivity index (χ2n) is 2.37. The van der Waals surface area contributed by atoms with Crippen molar-refractivity contribution in [3.8, 4) is 0 Å². The number of rotatable bonds is 10. The van der Waals surface area contributed by atoms with Gasteiger partial charge in [0.1, 0.15) is 0 Å². The summed E-state index contributed by atoms with van der Waals surface area (Å²) in [5.41, 5.74) is 0. The van der Waals surface area contributed by atoms with Crippen molar-refractivity contribution in [2.75, 3.05) is 52.9 Å². The zero-order valence-electron chi connectivity index (χ0n) is 9.41. The fourth-order valence-corrected chi connectivity index (χ4v) is 0.671. The first kappa shape index (κ1) is 22.5. The zero-order valence-corrected chi connectivity index (χ0v) is 12.0. The van der Waals surface area contributed by atoms with Crippen LogP contribution >= 0.6 is 0 Å². The molecule has 0 spiro atoms. The molecule has 0 aromatic heterocycles. The van der Waals surface area contributed by atoms with Gasteiger partial charge in [-0.2, -0.15) is 0 Å². The summed E-state index contributed by atoms with van der Waals surface area (Å²) in [6.07, 6.45) is 0. The maximum Gasteiger partial charge on any atom is 0.549 e. The quantitative estimate of drug-likeness (QED) is 0.357. The Kier molecular flexibility index (Phi) is 33.3. The van der Waals surface area contributed by atoms with Crippen LogP contribution in [0.3, 0.4) is 0 Å². The van der Waals surface area contributed by atoms with E-state index in [2.05, 4.69) is 0 Å². The average molecular weight is 361 g/mol. The van der Waals surface area contributed by atoms with E-state index < -0.39 is 9.29 Å². The minimum absolute atomic E-state index is 0. The third kappa shape index (κ3) is 31.4. The molecule has 0 aromatic carbocycles. The van der Waals surface area contributed by atoms with Crippen molar-refractivity contribution in [2.24, 2.45) is 0 Å². The van der Waals surface area contributed by atoms with Crippen LogP contribution in [-0.2, 0) is 43.6 Å². The summed E-state index contributed by atoms with van der Waals surface area (Å²) in [5, 5.41) is 16.7. The molecule has 0 bridgehead atoms. The summed E-state index contributed by atoms with van der Waals surface area (Å²) in [6, 6.07) is 0. The Morgan fingerprint density at radius 3 is 1.18 bits per heavy atom. The molecule has 0 aliphatic carbocycles. The van der Waals surface area contributed by atoms with Crippen molar-refractivity contribution in [3.63, 3.8) is 0 Å². The Balaban J connectivity index is -0.000000440. The first-order valence-corrected chi connectivity index (χ1v) is 5.59. The van der Waals surface area contributed by atoms with Gasteiger partial charge in [0.15, 0.2) is 0 Å². The van der Waals surface area contributed by atoms with E-state index in [0.717, 1.165) is 0 Å². The number of hydrogen-bond acceptors (Lipinski definition) is 7. The Morgan fingerprint density at radius 1 is 0.706 bits per heavy atom. The molecule has 0 unspecified atom stereocenters. The Morgan fingerprint density at radius 2 is 0.941 bits per heavy atom. The van der Waals surface area contributed by atoms with Gasteiger partial charge in [0.25, 0.3) is 0 Å². The van der Waals surface area contributed by atoms with E-state index in [0.29, 0.717) is 39.6 Å². The fourth-order valence-electron chi connectivity index (χ4n) is 0.671. The van der Waals surface area contributed by atoms with Crippen LogP contribution in [0.1, 0.15) is 0 Å². The van der Waals surface area contributed by atoms with E-state index in [9.17, 15) is 0 Å². The summed E-state index contributed by atoms with van der Waals surface area (Å²) in [6.45, 7) is 2.76. The second kappa shape index (κ2) is 25.2. The molecule has 9 heteroatoms. The summed E-state index contributed by atoms with van der Waals surface area (Å²) < 4.78 is 31.8. The van der Waals surface area contributed by atoms with Crippen LogP contribution in [0.2, 0.25) is 0 Å². The molecule has 0 amide bonds. The average Bonchev–Trinajstić information content (AvgIpc) is 2.28. The normalized spacial score (nSPS) is 8.59. The maximum atomic E-state index is 8.40. The smallest absolute Gasteiger partial charge is 0.394 e. The Labute approximate surface area is 116 Å². The first-order valence-electron chi connectivity index (χ1n) is 4.77. The SMILES string of the molecule is O=[Si]=O.OCCOCCOCCOCCO.[Pd]. The van der Waals surface area contributed by atoms with E-state index in [1.54, 1.807) is 0 Å². The van der Waals surface area contributed by atoms with Gasteiger partial charge in [-0.25, -0.2) is 0 Å². The third-order valence-corrected chi connectivity index (χ3v) is 1.22. The predicted octanol–water partition coefficient (Wildman–Crippen LogP) is -1.60. The van der Waals surface area contributed by atoms with Crippen LogP contribution in [0.25, 0.3) is 0 Å². The van der Waals surface area contributed by atoms with Crippen molar-refractivity contribution in [2.45, 2.75) is 0 Å². The second-order valence-corrected chi connectivity index (χ2v) is 2.53. The Hall–Kier alpha value is 0.279. The zero-order chi connectivity index (χ0) is 12.5. The largest absolute Gasteiger partial charge is 0.549 e. The minimum atomic E-state index is -1.42. The summed E-state index contributed by atoms with van der Waals surface area (Å²) in [7, 11) is -1.42. The van der Waals surface area contributed by atoms with Gasteiger partial charge in [-0.3, -0.25) is 8.92 Å². The molecular formula is C8H18O7PdSi. The summed E-state index contributed by atoms with van der Waals surface area (Å²) >= 11 is 0. The molecule has 7 nitrogen and oxygen atoms in total. The van der Waals surface area contributed by atoms with Gasteiger partial charge in [-0.15, -0.1) is 0 Å². The van der Waals surface area contributed by atoms with Gasteiger partial charge in [0, 0.05) is 20.4 Å². The van der Waals surface area contributed by atoms with Gasteiger partial charge in [0.2, 0.25) is 0 Å². The molecule has 0 radical (unpaired) electrons. The van der Waals surface area contributed by atoms with Gasteiger partial charge in [-0.1, -0.05) is 0 Å². The summed E-state index contributed by atoms with van der Waals surface area (Å²) in [5.74, 6) is 0. The van der Waals surface area contributed by atoms with E-state index >= 15 is 0 Å². The van der Waals surface area contributed by atoms with Crippen molar-refractivity contribution in [3.05, 3.63) is 0 Å². The molecule has 0 saturated heterocycles. The summed E-state index contributed by atoms with van der Waals surface area (Å²) in [4.78, 5) is 0. The Bertz CT molecular complexity index is 145. The first-order chi connectivity index (χ1) is 7.83. The molecule has 2 N–H and O–H groups in total. The third-order valence-electron chi connectivity index (χ3n) is 1.22. The standard InChI is InChI=1S/C8H18O5.O2Si.Pd/c9-1-3-11-5-7-13-8-6-12-4-2-10;1-3-2;/h9-10H,1-8H2;;. The fraction of sp³-hybridized carbons (Fsp3) is 1.00. The van der Waals surface area contributed by atoms with Crippen LogP contribution < -0.4 is 0 Å². The topological polar surface area (TPSA) is 102 Å². The van der Waals surface area contributed by atoms with Crippen molar-refractivity contribution in [1.82, 2.24) is 0 Å². The van der Waals surface area contributed by atoms with E-state index in [-0.39, 0.29) is 33.6 Å². The molecule has 0 rings (SSSR count). The van der Waals surface area contributed by atoms with Crippen LogP contribution in [-0.4, -0.2) is 72.4 Å². The van der Waals surface area contributed by atoms with Gasteiger partial charge >= 0.3 is 9.29 Å². The molecule has 0 fully saturated rings. The molecule has 0 heterocycles. The molecular weight excluding hydrogens is 343 g/mol. The van der Waals surface area contributed by atoms with E-state index in [1.807, 2.05) is 0 Å². The molecule has 0 atom stereocenters. The number of aliphatic hydroxyl groups is 2. The number of hydrogen-bond donors (Lipinski definition) is 2. The monoisotopic (exact) mass is 360 g/mol. The van der Waals surface area contributed by atoms with Gasteiger partial charge in [-0.05, 0) is 0 Å². The van der Waals surface area contributed by atoms with Gasteiger partial charge in [0.05, 0.1) is 52.9 Å². The molecule has 0 aromatic rings. The molecule has 0 saturated carbocycles. The van der Waals surface area contributed by atoms with Gasteiger partial charge < -0.3 is 24.4 Å². The maximum absolute atomic E-state index is 8.40. The predicted molar refractivity (Wildman–Crippen MR) is 53.8 cm³/mol. The molecule has 106 valence electrons. The van der Waals surface area contributed by atoms with Crippen molar-refractivity contribution >= 4 is 9.29 Å². The number of aliphatic hydroxyl groups excluding tert-OH is 2. The molecule has 0 aliphatic heterocycles. The van der Waals surface area contributed by atoms with Crippen LogP contribution in [0.15, 0.2) is 0 Å². The van der Waals surface area contributed by atoms with E-state index in [4.69, 9.17) is 33.3 Å². The minimum Gasteiger partial charge on any atom is -0.394 e. The molecule has 17 heavy (non-hydrogen) atoms.